The number of aryl methyl sites for hydroxylation is 1. The van der Waals surface area contributed by atoms with Crippen molar-refractivity contribution in [1.29, 1.82) is 0 Å². The molecule has 2 aromatic rings. The molecule has 0 aliphatic rings. The molecule has 0 unspecified atom stereocenters. The van der Waals surface area contributed by atoms with Crippen LogP contribution in [0.15, 0.2) is 36.5 Å². The number of hydrogen-bond donors (Lipinski definition) is 1. The van der Waals surface area contributed by atoms with Gasteiger partial charge in [-0.15, -0.1) is 0 Å². The van der Waals surface area contributed by atoms with Crippen LogP contribution in [0.1, 0.15) is 28.5 Å². The zero-order valence-corrected chi connectivity index (χ0v) is 14.6. The van der Waals surface area contributed by atoms with Gasteiger partial charge in [-0.1, -0.05) is 25.1 Å². The minimum atomic E-state index is -3.02. The quantitative estimate of drug-likeness (QED) is 0.734. The van der Waals surface area contributed by atoms with Crippen molar-refractivity contribution in [3.63, 3.8) is 0 Å². The molecule has 2 rings (SSSR count). The van der Waals surface area contributed by atoms with Crippen molar-refractivity contribution in [2.75, 3.05) is 23.9 Å². The van der Waals surface area contributed by atoms with Crippen molar-refractivity contribution in [3.05, 3.63) is 53.3 Å². The predicted octanol–water partition coefficient (Wildman–Crippen LogP) is 1.92. The summed E-state index contributed by atoms with van der Waals surface area (Å²) in [7, 11) is -1.30. The van der Waals surface area contributed by atoms with Gasteiger partial charge in [-0.05, 0) is 24.1 Å². The lowest BCUT2D eigenvalue weighted by atomic mass is 10.0. The molecule has 1 aromatic carbocycles. The number of sulfone groups is 1. The highest BCUT2D eigenvalue weighted by molar-refractivity contribution is 7.91. The second-order valence-corrected chi connectivity index (χ2v) is 7.88. The minimum absolute atomic E-state index is 0.0593. The van der Waals surface area contributed by atoms with Crippen molar-refractivity contribution in [3.8, 4) is 0 Å². The molecule has 6 nitrogen and oxygen atoms in total. The van der Waals surface area contributed by atoms with Crippen molar-refractivity contribution in [2.24, 2.45) is 0 Å². The van der Waals surface area contributed by atoms with Gasteiger partial charge in [-0.2, -0.15) is 0 Å². The van der Waals surface area contributed by atoms with Gasteiger partial charge in [-0.3, -0.25) is 4.79 Å². The fourth-order valence-corrected chi connectivity index (χ4v) is 3.03. The van der Waals surface area contributed by atoms with Crippen LogP contribution in [0, 0.1) is 0 Å². The highest BCUT2D eigenvalue weighted by atomic mass is 32.2. The zero-order valence-electron chi connectivity index (χ0n) is 13.8. The maximum absolute atomic E-state index is 12.4. The molecule has 0 aliphatic carbocycles. The Bertz CT molecular complexity index is 819. The predicted molar refractivity (Wildman–Crippen MR) is 94.1 cm³/mol. The third-order valence-corrected chi connectivity index (χ3v) is 5.37. The molecule has 7 heteroatoms. The average Bonchev–Trinajstić information content (AvgIpc) is 2.60. The molecule has 1 N–H and O–H groups in total. The number of carbonyl (C=O) groups is 1. The van der Waals surface area contributed by atoms with Crippen molar-refractivity contribution < 1.29 is 13.2 Å². The van der Waals surface area contributed by atoms with E-state index in [1.165, 1.54) is 0 Å². The first kappa shape index (κ1) is 18.1. The number of aromatic nitrogens is 2. The van der Waals surface area contributed by atoms with E-state index in [-0.39, 0.29) is 23.7 Å². The van der Waals surface area contributed by atoms with E-state index in [1.807, 2.05) is 6.07 Å². The van der Waals surface area contributed by atoms with E-state index in [9.17, 15) is 13.2 Å². The molecule has 1 heterocycles. The van der Waals surface area contributed by atoms with Gasteiger partial charge in [0.15, 0.2) is 5.78 Å². The Hall–Kier alpha value is -2.28. The zero-order chi connectivity index (χ0) is 17.6. The minimum Gasteiger partial charge on any atom is -0.357 e. The molecule has 0 atom stereocenters. The smallest absolute Gasteiger partial charge is 0.222 e. The Balaban J connectivity index is 2.08. The molecule has 0 fully saturated rings. The molecular weight excluding hydrogens is 326 g/mol. The summed E-state index contributed by atoms with van der Waals surface area (Å²) in [4.78, 5) is 20.7. The molecule has 24 heavy (non-hydrogen) atoms. The fraction of sp³-hybridized carbons (Fsp3) is 0.353. The van der Waals surface area contributed by atoms with Crippen molar-refractivity contribution in [2.45, 2.75) is 19.8 Å². The Morgan fingerprint density at radius 2 is 2.04 bits per heavy atom. The fourth-order valence-electron chi connectivity index (χ4n) is 2.20. The Morgan fingerprint density at radius 3 is 2.75 bits per heavy atom. The first-order valence-electron chi connectivity index (χ1n) is 7.75. The summed E-state index contributed by atoms with van der Waals surface area (Å²) >= 11 is 0. The summed E-state index contributed by atoms with van der Waals surface area (Å²) in [5.41, 5.74) is 2.04. The van der Waals surface area contributed by atoms with E-state index in [0.29, 0.717) is 23.6 Å². The molecule has 0 spiro atoms. The number of anilines is 1. The number of hydrogen-bond acceptors (Lipinski definition) is 6. The molecule has 0 saturated heterocycles. The lowest BCUT2D eigenvalue weighted by Crippen LogP contribution is -2.11. The molecule has 0 aliphatic heterocycles. The molecular formula is C17H21N3O3S. The summed E-state index contributed by atoms with van der Waals surface area (Å²) in [6.07, 6.45) is 2.19. The number of benzene rings is 1. The molecule has 1 aromatic heterocycles. The lowest BCUT2D eigenvalue weighted by Gasteiger charge is -2.06. The lowest BCUT2D eigenvalue weighted by molar-refractivity contribution is 0.0992. The number of nitrogens with one attached hydrogen (secondary N) is 1. The van der Waals surface area contributed by atoms with Crippen molar-refractivity contribution >= 4 is 21.6 Å². The first-order valence-corrected chi connectivity index (χ1v) is 9.58. The van der Waals surface area contributed by atoms with Crippen LogP contribution in [0.4, 0.5) is 5.95 Å². The van der Waals surface area contributed by atoms with Gasteiger partial charge in [0, 0.05) is 24.6 Å². The number of Topliss-reactive ketones (excluding diaryl/α,β-unsaturated/α-hetero) is 1. The molecule has 0 radical (unpaired) electrons. The van der Waals surface area contributed by atoms with Gasteiger partial charge < -0.3 is 5.32 Å². The van der Waals surface area contributed by atoms with Gasteiger partial charge in [0.2, 0.25) is 5.95 Å². The van der Waals surface area contributed by atoms with Crippen molar-refractivity contribution in [1.82, 2.24) is 9.97 Å². The first-order chi connectivity index (χ1) is 11.4. The summed E-state index contributed by atoms with van der Waals surface area (Å²) in [5.74, 6) is 0.640. The number of carbonyl (C=O) groups excluding carboxylic acids is 1. The number of rotatable bonds is 8. The van der Waals surface area contributed by atoms with Gasteiger partial charge in [0.05, 0.1) is 17.9 Å². The Morgan fingerprint density at radius 1 is 1.25 bits per heavy atom. The van der Waals surface area contributed by atoms with Crippen LogP contribution in [-0.4, -0.2) is 42.7 Å². The SMILES string of the molecule is CCS(=O)(=O)CCc1cccc(C(=O)Cc2ccnc(NC)n2)c1. The summed E-state index contributed by atoms with van der Waals surface area (Å²) in [5, 5.41) is 2.84. The van der Waals surface area contributed by atoms with Crippen LogP contribution in [-0.2, 0) is 22.7 Å². The molecule has 128 valence electrons. The van der Waals surface area contributed by atoms with Gasteiger partial charge in [-0.25, -0.2) is 18.4 Å². The third kappa shape index (κ3) is 5.13. The second-order valence-electron chi connectivity index (χ2n) is 5.41. The van der Waals surface area contributed by atoms with Crippen LogP contribution < -0.4 is 5.32 Å². The van der Waals surface area contributed by atoms with Gasteiger partial charge >= 0.3 is 0 Å². The van der Waals surface area contributed by atoms with Gasteiger partial charge in [0.1, 0.15) is 9.84 Å². The van der Waals surface area contributed by atoms with Crippen LogP contribution in [0.2, 0.25) is 0 Å². The Labute approximate surface area is 142 Å². The molecule has 0 amide bonds. The van der Waals surface area contributed by atoms with E-state index in [4.69, 9.17) is 0 Å². The Kier molecular flexibility index (Phi) is 6.03. The van der Waals surface area contributed by atoms with Crippen LogP contribution in [0.3, 0.4) is 0 Å². The van der Waals surface area contributed by atoms with E-state index in [0.717, 1.165) is 5.56 Å². The highest BCUT2D eigenvalue weighted by Crippen LogP contribution is 2.11. The third-order valence-electron chi connectivity index (χ3n) is 3.67. The topological polar surface area (TPSA) is 89.0 Å². The van der Waals surface area contributed by atoms with Crippen LogP contribution in [0.5, 0.6) is 0 Å². The highest BCUT2D eigenvalue weighted by Gasteiger charge is 2.11. The summed E-state index contributed by atoms with van der Waals surface area (Å²) < 4.78 is 23.2. The van der Waals surface area contributed by atoms with Gasteiger partial charge in [0.25, 0.3) is 0 Å². The number of nitrogens with zero attached hydrogens (tertiary/aromatic N) is 2. The summed E-state index contributed by atoms with van der Waals surface area (Å²) in [6, 6.07) is 8.82. The normalized spacial score (nSPS) is 11.2. The average molecular weight is 347 g/mol. The van der Waals surface area contributed by atoms with E-state index >= 15 is 0 Å². The maximum Gasteiger partial charge on any atom is 0.222 e. The summed E-state index contributed by atoms with van der Waals surface area (Å²) in [6.45, 7) is 1.64. The molecule has 0 saturated carbocycles. The van der Waals surface area contributed by atoms with E-state index in [1.54, 1.807) is 44.4 Å². The monoisotopic (exact) mass is 347 g/mol. The maximum atomic E-state index is 12.4. The van der Waals surface area contributed by atoms with Crippen LogP contribution in [0.25, 0.3) is 0 Å². The van der Waals surface area contributed by atoms with E-state index < -0.39 is 9.84 Å². The standard InChI is InChI=1S/C17H21N3O3S/c1-3-24(22,23)10-8-13-5-4-6-14(11-13)16(21)12-15-7-9-19-17(18-2)20-15/h4-7,9,11H,3,8,10,12H2,1-2H3,(H,18,19,20). The largest absolute Gasteiger partial charge is 0.357 e. The van der Waals surface area contributed by atoms with Crippen LogP contribution >= 0.6 is 0 Å². The molecule has 0 bridgehead atoms. The number of ketones is 1. The second kappa shape index (κ2) is 8.01. The van der Waals surface area contributed by atoms with E-state index in [2.05, 4.69) is 15.3 Å².